The highest BCUT2D eigenvalue weighted by Crippen LogP contribution is 2.07. The molecule has 66 valence electrons. The monoisotopic (exact) mass is 238 g/mol. The van der Waals surface area contributed by atoms with Gasteiger partial charge in [-0.3, -0.25) is 0 Å². The summed E-state index contributed by atoms with van der Waals surface area (Å²) in [5, 5.41) is 4.13. The van der Waals surface area contributed by atoms with Gasteiger partial charge in [-0.05, 0) is 28.4 Å². The molecule has 5 heteroatoms. The molecule has 0 saturated heterocycles. The zero-order valence-corrected chi connectivity index (χ0v) is 8.56. The summed E-state index contributed by atoms with van der Waals surface area (Å²) in [7, 11) is 0. The number of hydrogen-bond acceptors (Lipinski definition) is 3. The third-order valence-electron chi connectivity index (χ3n) is 1.56. The summed E-state index contributed by atoms with van der Waals surface area (Å²) < 4.78 is 2.28. The van der Waals surface area contributed by atoms with Gasteiger partial charge in [0.15, 0.2) is 10.6 Å². The van der Waals surface area contributed by atoms with Gasteiger partial charge in [0, 0.05) is 18.5 Å². The SMILES string of the molecule is Cc1cnn(-c2ccnc(Br)n2)c1. The Bertz CT molecular complexity index is 424. The van der Waals surface area contributed by atoms with E-state index in [2.05, 4.69) is 31.0 Å². The van der Waals surface area contributed by atoms with E-state index in [9.17, 15) is 0 Å². The van der Waals surface area contributed by atoms with Crippen LogP contribution < -0.4 is 0 Å². The molecule has 2 aromatic heterocycles. The number of nitrogens with zero attached hydrogens (tertiary/aromatic N) is 4. The van der Waals surface area contributed by atoms with Crippen LogP contribution in [0.5, 0.6) is 0 Å². The molecule has 0 saturated carbocycles. The molecule has 13 heavy (non-hydrogen) atoms. The van der Waals surface area contributed by atoms with E-state index in [1.165, 1.54) is 0 Å². The smallest absolute Gasteiger partial charge is 0.198 e. The fourth-order valence-corrected chi connectivity index (χ4v) is 1.29. The third kappa shape index (κ3) is 1.75. The Morgan fingerprint density at radius 1 is 1.46 bits per heavy atom. The zero-order valence-electron chi connectivity index (χ0n) is 6.98. The van der Waals surface area contributed by atoms with Gasteiger partial charge in [-0.2, -0.15) is 5.10 Å². The van der Waals surface area contributed by atoms with Crippen molar-refractivity contribution in [1.82, 2.24) is 19.7 Å². The molecule has 0 spiro atoms. The van der Waals surface area contributed by atoms with Crippen LogP contribution in [0.2, 0.25) is 0 Å². The van der Waals surface area contributed by atoms with E-state index in [1.807, 2.05) is 13.1 Å². The van der Waals surface area contributed by atoms with E-state index in [4.69, 9.17) is 0 Å². The lowest BCUT2D eigenvalue weighted by Crippen LogP contribution is -1.98. The van der Waals surface area contributed by atoms with Crippen molar-refractivity contribution < 1.29 is 0 Å². The zero-order chi connectivity index (χ0) is 9.26. The maximum absolute atomic E-state index is 4.16. The summed E-state index contributed by atoms with van der Waals surface area (Å²) in [4.78, 5) is 8.10. The van der Waals surface area contributed by atoms with Gasteiger partial charge in [0.1, 0.15) is 0 Å². The van der Waals surface area contributed by atoms with Gasteiger partial charge in [0.2, 0.25) is 0 Å². The quantitative estimate of drug-likeness (QED) is 0.712. The van der Waals surface area contributed by atoms with Crippen LogP contribution in [0, 0.1) is 6.92 Å². The van der Waals surface area contributed by atoms with Crippen LogP contribution in [-0.2, 0) is 0 Å². The van der Waals surface area contributed by atoms with Crippen LogP contribution >= 0.6 is 15.9 Å². The van der Waals surface area contributed by atoms with Gasteiger partial charge in [0.25, 0.3) is 0 Å². The highest BCUT2D eigenvalue weighted by Gasteiger charge is 1.99. The summed E-state index contributed by atoms with van der Waals surface area (Å²) in [5.74, 6) is 0.759. The van der Waals surface area contributed by atoms with Gasteiger partial charge < -0.3 is 0 Å². The molecule has 0 aliphatic heterocycles. The van der Waals surface area contributed by atoms with Crippen LogP contribution in [0.4, 0.5) is 0 Å². The second-order valence-corrected chi connectivity index (χ2v) is 3.36. The van der Waals surface area contributed by atoms with E-state index in [0.29, 0.717) is 4.73 Å². The van der Waals surface area contributed by atoms with Crippen molar-refractivity contribution in [2.45, 2.75) is 6.92 Å². The van der Waals surface area contributed by atoms with Crippen LogP contribution in [0.15, 0.2) is 29.4 Å². The van der Waals surface area contributed by atoms with Crippen molar-refractivity contribution in [2.75, 3.05) is 0 Å². The van der Waals surface area contributed by atoms with Gasteiger partial charge >= 0.3 is 0 Å². The van der Waals surface area contributed by atoms with Crippen molar-refractivity contribution in [1.29, 1.82) is 0 Å². The molecule has 0 unspecified atom stereocenters. The molecule has 0 radical (unpaired) electrons. The molecule has 0 aliphatic carbocycles. The van der Waals surface area contributed by atoms with Crippen LogP contribution in [-0.4, -0.2) is 19.7 Å². The first-order valence-corrected chi connectivity index (χ1v) is 4.55. The van der Waals surface area contributed by atoms with Gasteiger partial charge in [0.05, 0.1) is 6.20 Å². The second kappa shape index (κ2) is 3.26. The number of aryl methyl sites for hydroxylation is 1. The summed E-state index contributed by atoms with van der Waals surface area (Å²) in [6, 6.07) is 1.80. The highest BCUT2D eigenvalue weighted by atomic mass is 79.9. The molecule has 2 rings (SSSR count). The summed E-state index contributed by atoms with van der Waals surface area (Å²) in [5.41, 5.74) is 1.11. The third-order valence-corrected chi connectivity index (χ3v) is 1.94. The standard InChI is InChI=1S/C8H7BrN4/c1-6-4-11-13(5-6)7-2-3-10-8(9)12-7/h2-5H,1H3. The highest BCUT2D eigenvalue weighted by molar-refractivity contribution is 9.10. The minimum atomic E-state index is 0.568. The average Bonchev–Trinajstić information content (AvgIpc) is 2.52. The molecule has 0 N–H and O–H groups in total. The number of hydrogen-bond donors (Lipinski definition) is 0. The Hall–Kier alpha value is -1.23. The maximum Gasteiger partial charge on any atom is 0.198 e. The minimum Gasteiger partial charge on any atom is -0.231 e. The summed E-state index contributed by atoms with van der Waals surface area (Å²) in [6.07, 6.45) is 5.38. The summed E-state index contributed by atoms with van der Waals surface area (Å²) >= 11 is 3.20. The first kappa shape index (κ1) is 8.37. The summed E-state index contributed by atoms with van der Waals surface area (Å²) in [6.45, 7) is 1.99. The fourth-order valence-electron chi connectivity index (χ4n) is 0.992. The van der Waals surface area contributed by atoms with E-state index in [1.54, 1.807) is 23.1 Å². The predicted molar refractivity (Wildman–Crippen MR) is 51.6 cm³/mol. The minimum absolute atomic E-state index is 0.568. The molecule has 0 atom stereocenters. The lowest BCUT2D eigenvalue weighted by molar-refractivity contribution is 0.833. The maximum atomic E-state index is 4.16. The molecular formula is C8H7BrN4. The Labute approximate surface area is 83.8 Å². The van der Waals surface area contributed by atoms with Gasteiger partial charge in [-0.1, -0.05) is 0 Å². The average molecular weight is 239 g/mol. The largest absolute Gasteiger partial charge is 0.231 e. The Morgan fingerprint density at radius 2 is 2.31 bits per heavy atom. The van der Waals surface area contributed by atoms with Crippen LogP contribution in [0.3, 0.4) is 0 Å². The van der Waals surface area contributed by atoms with E-state index >= 15 is 0 Å². The lowest BCUT2D eigenvalue weighted by atomic mass is 10.4. The van der Waals surface area contributed by atoms with E-state index in [-0.39, 0.29) is 0 Å². The molecule has 0 amide bonds. The topological polar surface area (TPSA) is 43.6 Å². The van der Waals surface area contributed by atoms with Gasteiger partial charge in [-0.15, -0.1) is 0 Å². The van der Waals surface area contributed by atoms with E-state index in [0.717, 1.165) is 11.4 Å². The first-order chi connectivity index (χ1) is 6.25. The Morgan fingerprint density at radius 3 is 2.92 bits per heavy atom. The molecule has 0 aromatic carbocycles. The first-order valence-electron chi connectivity index (χ1n) is 3.76. The molecule has 0 bridgehead atoms. The normalized spacial score (nSPS) is 10.3. The van der Waals surface area contributed by atoms with Crippen molar-refractivity contribution in [2.24, 2.45) is 0 Å². The molecule has 4 nitrogen and oxygen atoms in total. The second-order valence-electron chi connectivity index (χ2n) is 2.65. The lowest BCUT2D eigenvalue weighted by Gasteiger charge is -1.98. The number of rotatable bonds is 1. The fraction of sp³-hybridized carbons (Fsp3) is 0.125. The van der Waals surface area contributed by atoms with Gasteiger partial charge in [-0.25, -0.2) is 14.6 Å². The molecule has 0 aliphatic rings. The van der Waals surface area contributed by atoms with Crippen molar-refractivity contribution >= 4 is 15.9 Å². The molecule has 2 heterocycles. The number of halogens is 1. The van der Waals surface area contributed by atoms with Crippen LogP contribution in [0.25, 0.3) is 5.82 Å². The molecule has 0 fully saturated rings. The van der Waals surface area contributed by atoms with Crippen molar-refractivity contribution in [3.8, 4) is 5.82 Å². The van der Waals surface area contributed by atoms with Crippen LogP contribution in [0.1, 0.15) is 5.56 Å². The Kier molecular flexibility index (Phi) is 2.10. The van der Waals surface area contributed by atoms with Crippen molar-refractivity contribution in [3.63, 3.8) is 0 Å². The Balaban J connectivity index is 2.46. The molecule has 2 aromatic rings. The number of aromatic nitrogens is 4. The van der Waals surface area contributed by atoms with Crippen molar-refractivity contribution in [3.05, 3.63) is 35.0 Å². The predicted octanol–water partition coefficient (Wildman–Crippen LogP) is 1.73. The molecular weight excluding hydrogens is 232 g/mol. The van der Waals surface area contributed by atoms with E-state index < -0.39 is 0 Å².